The Labute approximate surface area is 197 Å². The van der Waals surface area contributed by atoms with E-state index in [1.807, 2.05) is 54.9 Å². The van der Waals surface area contributed by atoms with E-state index in [-0.39, 0.29) is 5.56 Å². The van der Waals surface area contributed by atoms with Crippen LogP contribution < -0.4 is 11.0 Å². The van der Waals surface area contributed by atoms with Gasteiger partial charge in [0.25, 0.3) is 5.56 Å². The highest BCUT2D eigenvalue weighted by Crippen LogP contribution is 2.28. The van der Waals surface area contributed by atoms with Gasteiger partial charge >= 0.3 is 0 Å². The molecule has 34 heavy (non-hydrogen) atoms. The van der Waals surface area contributed by atoms with Crippen molar-refractivity contribution >= 4 is 16.9 Å². The summed E-state index contributed by atoms with van der Waals surface area (Å²) in [6, 6.07) is 14.2. The topological polar surface area (TPSA) is 96.7 Å². The minimum Gasteiger partial charge on any atom is -0.315 e. The van der Waals surface area contributed by atoms with Gasteiger partial charge in [0.2, 0.25) is 0 Å². The second-order valence-electron chi connectivity index (χ2n) is 8.84. The SMILES string of the molecule is Cc1cc(Cn2cnc3c(C#N)c(NN4CCCCC4)n(Cc4ccccc4)c3c2=O)n(C)n1. The van der Waals surface area contributed by atoms with Crippen molar-refractivity contribution in [2.45, 2.75) is 39.3 Å². The molecule has 9 nitrogen and oxygen atoms in total. The zero-order valence-corrected chi connectivity index (χ0v) is 19.5. The average molecular weight is 457 g/mol. The van der Waals surface area contributed by atoms with Crippen molar-refractivity contribution in [1.82, 2.24) is 28.9 Å². The molecule has 0 radical (unpaired) electrons. The number of nitrogens with one attached hydrogen (secondary N) is 1. The van der Waals surface area contributed by atoms with Gasteiger partial charge < -0.3 is 9.99 Å². The molecule has 174 valence electrons. The van der Waals surface area contributed by atoms with E-state index < -0.39 is 0 Å². The second kappa shape index (κ2) is 9.15. The van der Waals surface area contributed by atoms with E-state index in [1.165, 1.54) is 12.7 Å². The summed E-state index contributed by atoms with van der Waals surface area (Å²) in [5, 5.41) is 16.6. The second-order valence-corrected chi connectivity index (χ2v) is 8.84. The predicted octanol–water partition coefficient (Wildman–Crippen LogP) is 3.02. The zero-order valence-electron chi connectivity index (χ0n) is 19.5. The largest absolute Gasteiger partial charge is 0.315 e. The number of aromatic nitrogens is 5. The number of piperidine rings is 1. The van der Waals surface area contributed by atoms with Crippen molar-refractivity contribution in [3.8, 4) is 6.07 Å². The van der Waals surface area contributed by atoms with Crippen LogP contribution in [0.4, 0.5) is 5.82 Å². The summed E-state index contributed by atoms with van der Waals surface area (Å²) >= 11 is 0. The molecule has 0 saturated carbocycles. The number of nitriles is 1. The van der Waals surface area contributed by atoms with Crippen molar-refractivity contribution in [2.24, 2.45) is 7.05 Å². The van der Waals surface area contributed by atoms with Crippen LogP contribution in [0.5, 0.6) is 0 Å². The molecule has 0 aliphatic carbocycles. The maximum Gasteiger partial charge on any atom is 0.278 e. The fraction of sp³-hybridized carbons (Fsp3) is 0.360. The van der Waals surface area contributed by atoms with Crippen molar-refractivity contribution < 1.29 is 0 Å². The Morgan fingerprint density at radius 2 is 1.88 bits per heavy atom. The standard InChI is InChI=1S/C25H28N8O/c1-18-13-20(30(2)28-18)16-31-17-27-22-21(14-26)24(29-32-11-7-4-8-12-32)33(23(22)25(31)34)15-19-9-5-3-6-10-19/h3,5-6,9-10,13,17,29H,4,7-8,11-12,15-16H2,1-2H3. The molecule has 0 bridgehead atoms. The lowest BCUT2D eigenvalue weighted by molar-refractivity contribution is 0.271. The first-order valence-electron chi connectivity index (χ1n) is 11.6. The molecule has 0 spiro atoms. The summed E-state index contributed by atoms with van der Waals surface area (Å²) in [5.74, 6) is 0.627. The van der Waals surface area contributed by atoms with E-state index in [1.54, 1.807) is 9.25 Å². The number of hydrogen-bond acceptors (Lipinski definition) is 6. The van der Waals surface area contributed by atoms with Crippen LogP contribution in [0.25, 0.3) is 11.0 Å². The van der Waals surface area contributed by atoms with Gasteiger partial charge in [-0.15, -0.1) is 0 Å². The predicted molar refractivity (Wildman–Crippen MR) is 130 cm³/mol. The summed E-state index contributed by atoms with van der Waals surface area (Å²) in [6.45, 7) is 4.54. The van der Waals surface area contributed by atoms with E-state index in [9.17, 15) is 10.1 Å². The molecule has 1 saturated heterocycles. The van der Waals surface area contributed by atoms with Crippen LogP contribution in [-0.2, 0) is 20.1 Å². The highest BCUT2D eigenvalue weighted by Gasteiger charge is 2.24. The van der Waals surface area contributed by atoms with Gasteiger partial charge in [0, 0.05) is 26.7 Å². The number of aryl methyl sites for hydroxylation is 2. The Hall–Kier alpha value is -3.90. The summed E-state index contributed by atoms with van der Waals surface area (Å²) in [5.41, 5.74) is 7.39. The monoisotopic (exact) mass is 456 g/mol. The molecule has 1 aliphatic rings. The number of nitrogens with zero attached hydrogens (tertiary/aromatic N) is 7. The first kappa shape index (κ1) is 21.9. The fourth-order valence-electron chi connectivity index (χ4n) is 4.66. The number of rotatable bonds is 6. The molecular formula is C25H28N8O. The van der Waals surface area contributed by atoms with Crippen LogP contribution >= 0.6 is 0 Å². The van der Waals surface area contributed by atoms with E-state index in [4.69, 9.17) is 0 Å². The quantitative estimate of drug-likeness (QED) is 0.479. The lowest BCUT2D eigenvalue weighted by Gasteiger charge is -2.28. The Morgan fingerprint density at radius 3 is 2.56 bits per heavy atom. The summed E-state index contributed by atoms with van der Waals surface area (Å²) < 4.78 is 5.28. The molecule has 0 atom stereocenters. The van der Waals surface area contributed by atoms with Gasteiger partial charge in [0.1, 0.15) is 28.5 Å². The van der Waals surface area contributed by atoms with E-state index >= 15 is 0 Å². The summed E-state index contributed by atoms with van der Waals surface area (Å²) in [7, 11) is 1.87. The molecule has 1 aromatic carbocycles. The normalized spacial score (nSPS) is 14.4. The highest BCUT2D eigenvalue weighted by molar-refractivity contribution is 5.88. The summed E-state index contributed by atoms with van der Waals surface area (Å²) in [6.07, 6.45) is 4.94. The van der Waals surface area contributed by atoms with Crippen LogP contribution in [0.1, 0.15) is 41.8 Å². The van der Waals surface area contributed by atoms with Gasteiger partial charge in [0.15, 0.2) is 0 Å². The van der Waals surface area contributed by atoms with Crippen LogP contribution in [0.3, 0.4) is 0 Å². The van der Waals surface area contributed by atoms with Crippen molar-refractivity contribution in [2.75, 3.05) is 18.5 Å². The van der Waals surface area contributed by atoms with E-state index in [0.717, 1.165) is 42.9 Å². The molecule has 4 heterocycles. The Morgan fingerprint density at radius 1 is 1.12 bits per heavy atom. The Kier molecular flexibility index (Phi) is 5.90. The molecule has 1 fully saturated rings. The summed E-state index contributed by atoms with van der Waals surface area (Å²) in [4.78, 5) is 18.4. The average Bonchev–Trinajstić information content (AvgIpc) is 3.32. The van der Waals surface area contributed by atoms with E-state index in [2.05, 4.69) is 26.6 Å². The van der Waals surface area contributed by atoms with Crippen molar-refractivity contribution in [3.05, 3.63) is 75.6 Å². The number of hydrogen-bond donors (Lipinski definition) is 1. The van der Waals surface area contributed by atoms with Gasteiger partial charge in [-0.2, -0.15) is 10.4 Å². The molecule has 1 aliphatic heterocycles. The third kappa shape index (κ3) is 4.08. The van der Waals surface area contributed by atoms with Crippen molar-refractivity contribution in [1.29, 1.82) is 5.26 Å². The van der Waals surface area contributed by atoms with Crippen LogP contribution in [0.15, 0.2) is 47.5 Å². The molecule has 9 heteroatoms. The first-order valence-corrected chi connectivity index (χ1v) is 11.6. The van der Waals surface area contributed by atoms with Crippen molar-refractivity contribution in [3.63, 3.8) is 0 Å². The smallest absolute Gasteiger partial charge is 0.278 e. The molecule has 1 N–H and O–H groups in total. The number of hydrazine groups is 1. The van der Waals surface area contributed by atoms with Gasteiger partial charge in [-0.25, -0.2) is 9.99 Å². The molecule has 3 aromatic heterocycles. The fourth-order valence-corrected chi connectivity index (χ4v) is 4.66. The molecular weight excluding hydrogens is 428 g/mol. The lowest BCUT2D eigenvalue weighted by Crippen LogP contribution is -2.36. The Bertz CT molecular complexity index is 1420. The minimum absolute atomic E-state index is 0.178. The van der Waals surface area contributed by atoms with E-state index in [0.29, 0.717) is 35.5 Å². The van der Waals surface area contributed by atoms with Gasteiger partial charge in [-0.05, 0) is 31.4 Å². The number of benzene rings is 1. The maximum atomic E-state index is 13.8. The first-order chi connectivity index (χ1) is 16.5. The minimum atomic E-state index is -0.178. The number of fused-ring (bicyclic) bond motifs is 1. The third-order valence-electron chi connectivity index (χ3n) is 6.37. The van der Waals surface area contributed by atoms with Gasteiger partial charge in [0.05, 0.1) is 24.3 Å². The highest BCUT2D eigenvalue weighted by atomic mass is 16.1. The van der Waals surface area contributed by atoms with Crippen LogP contribution in [-0.4, -0.2) is 42.0 Å². The molecule has 0 unspecified atom stereocenters. The lowest BCUT2D eigenvalue weighted by atomic mass is 10.2. The van der Waals surface area contributed by atoms with Gasteiger partial charge in [-0.3, -0.25) is 14.0 Å². The van der Waals surface area contributed by atoms with Crippen LogP contribution in [0.2, 0.25) is 0 Å². The number of anilines is 1. The zero-order chi connectivity index (χ0) is 23.7. The third-order valence-corrected chi connectivity index (χ3v) is 6.37. The van der Waals surface area contributed by atoms with Crippen LogP contribution in [0, 0.1) is 18.3 Å². The molecule has 4 aromatic rings. The molecule has 0 amide bonds. The molecule has 5 rings (SSSR count). The Balaban J connectivity index is 1.66. The maximum absolute atomic E-state index is 13.8. The van der Waals surface area contributed by atoms with Gasteiger partial charge in [-0.1, -0.05) is 36.8 Å².